The predicted octanol–water partition coefficient (Wildman–Crippen LogP) is 2.55. The summed E-state index contributed by atoms with van der Waals surface area (Å²) >= 11 is 0. The number of nitrogens with one attached hydrogen (secondary N) is 1. The highest BCUT2D eigenvalue weighted by Gasteiger charge is 2.26. The average Bonchev–Trinajstić information content (AvgIpc) is 2.65. The van der Waals surface area contributed by atoms with Gasteiger partial charge in [-0.15, -0.1) is 12.4 Å². The van der Waals surface area contributed by atoms with Crippen molar-refractivity contribution in [1.82, 2.24) is 10.2 Å². The van der Waals surface area contributed by atoms with E-state index in [1.807, 2.05) is 7.05 Å². The molecule has 2 unspecified atom stereocenters. The summed E-state index contributed by atoms with van der Waals surface area (Å²) in [5, 5.41) is 3.20. The van der Waals surface area contributed by atoms with Crippen molar-refractivity contribution in [1.29, 1.82) is 0 Å². The van der Waals surface area contributed by atoms with Gasteiger partial charge in [0.05, 0.1) is 0 Å². The Morgan fingerprint density at radius 2 is 2.06 bits per heavy atom. The van der Waals surface area contributed by atoms with Crippen LogP contribution >= 0.6 is 12.4 Å². The summed E-state index contributed by atoms with van der Waals surface area (Å²) in [5.74, 6) is 2.22. The van der Waals surface area contributed by atoms with Gasteiger partial charge in [0.1, 0.15) is 0 Å². The van der Waals surface area contributed by atoms with Crippen molar-refractivity contribution in [3.8, 4) is 0 Å². The highest BCUT2D eigenvalue weighted by Crippen LogP contribution is 2.20. The number of nitrogens with zero attached hydrogens (tertiary/aromatic N) is 1. The molecular formula is C14H29ClN2O. The van der Waals surface area contributed by atoms with Gasteiger partial charge in [0, 0.05) is 19.5 Å². The van der Waals surface area contributed by atoms with E-state index >= 15 is 0 Å². The number of hydrogen-bond acceptors (Lipinski definition) is 2. The molecule has 3 nitrogen and oxygen atoms in total. The van der Waals surface area contributed by atoms with E-state index in [-0.39, 0.29) is 12.4 Å². The molecule has 1 N–H and O–H groups in total. The molecule has 0 aromatic heterocycles. The zero-order valence-corrected chi connectivity index (χ0v) is 13.1. The van der Waals surface area contributed by atoms with Crippen LogP contribution in [-0.2, 0) is 4.79 Å². The third-order valence-corrected chi connectivity index (χ3v) is 3.53. The maximum atomic E-state index is 12.1. The van der Waals surface area contributed by atoms with E-state index in [1.165, 1.54) is 0 Å². The summed E-state index contributed by atoms with van der Waals surface area (Å²) in [6.07, 6.45) is 3.04. The van der Waals surface area contributed by atoms with Gasteiger partial charge in [0.15, 0.2) is 0 Å². The first kappa shape index (κ1) is 17.7. The third kappa shape index (κ3) is 6.05. The number of amides is 1. The van der Waals surface area contributed by atoms with Crippen molar-refractivity contribution >= 4 is 18.3 Å². The Labute approximate surface area is 118 Å². The molecule has 0 radical (unpaired) electrons. The molecular weight excluding hydrogens is 248 g/mol. The highest BCUT2D eigenvalue weighted by molar-refractivity contribution is 5.85. The third-order valence-electron chi connectivity index (χ3n) is 3.53. The van der Waals surface area contributed by atoms with Gasteiger partial charge in [-0.05, 0) is 44.2 Å². The van der Waals surface area contributed by atoms with Crippen LogP contribution in [0.2, 0.25) is 0 Å². The maximum Gasteiger partial charge on any atom is 0.222 e. The molecule has 1 fully saturated rings. The van der Waals surface area contributed by atoms with Gasteiger partial charge in [0.25, 0.3) is 0 Å². The zero-order valence-electron chi connectivity index (χ0n) is 12.2. The van der Waals surface area contributed by atoms with Crippen molar-refractivity contribution in [2.75, 3.05) is 26.7 Å². The molecule has 1 amide bonds. The molecule has 2 atom stereocenters. The summed E-state index contributed by atoms with van der Waals surface area (Å²) in [7, 11) is 1.98. The van der Waals surface area contributed by atoms with Gasteiger partial charge in [-0.2, -0.15) is 0 Å². The lowest BCUT2D eigenvalue weighted by molar-refractivity contribution is -0.131. The van der Waals surface area contributed by atoms with Crippen LogP contribution in [0.5, 0.6) is 0 Å². The minimum Gasteiger partial charge on any atom is -0.342 e. The van der Waals surface area contributed by atoms with Crippen LogP contribution in [0.1, 0.15) is 40.0 Å². The van der Waals surface area contributed by atoms with Crippen LogP contribution in [0.3, 0.4) is 0 Å². The molecule has 0 aromatic carbocycles. The molecule has 1 aliphatic rings. The highest BCUT2D eigenvalue weighted by atomic mass is 35.5. The second kappa shape index (κ2) is 8.76. The smallest absolute Gasteiger partial charge is 0.222 e. The van der Waals surface area contributed by atoms with Crippen molar-refractivity contribution in [3.63, 3.8) is 0 Å². The van der Waals surface area contributed by atoms with E-state index in [0.717, 1.165) is 38.9 Å². The number of carbonyl (C=O) groups excluding carboxylic acids is 1. The molecule has 18 heavy (non-hydrogen) atoms. The monoisotopic (exact) mass is 276 g/mol. The van der Waals surface area contributed by atoms with Crippen LogP contribution in [0.25, 0.3) is 0 Å². The molecule has 0 saturated carbocycles. The molecule has 1 aliphatic heterocycles. The lowest BCUT2D eigenvalue weighted by Gasteiger charge is -2.20. The number of likely N-dealkylation sites (tertiary alicyclic amines) is 1. The van der Waals surface area contributed by atoms with Crippen LogP contribution in [0.4, 0.5) is 0 Å². The first-order valence-electron chi connectivity index (χ1n) is 6.95. The summed E-state index contributed by atoms with van der Waals surface area (Å²) in [4.78, 5) is 14.1. The Balaban J connectivity index is 0.00000289. The summed E-state index contributed by atoms with van der Waals surface area (Å²) in [6.45, 7) is 9.58. The first-order chi connectivity index (χ1) is 8.02. The van der Waals surface area contributed by atoms with E-state index in [2.05, 4.69) is 31.0 Å². The van der Waals surface area contributed by atoms with Crippen LogP contribution < -0.4 is 5.32 Å². The molecule has 0 aliphatic carbocycles. The van der Waals surface area contributed by atoms with Crippen LogP contribution in [0, 0.1) is 17.8 Å². The summed E-state index contributed by atoms with van der Waals surface area (Å²) in [5.41, 5.74) is 0. The number of carbonyl (C=O) groups is 1. The molecule has 0 aromatic rings. The van der Waals surface area contributed by atoms with Gasteiger partial charge >= 0.3 is 0 Å². The van der Waals surface area contributed by atoms with Gasteiger partial charge in [-0.1, -0.05) is 20.8 Å². The molecule has 4 heteroatoms. The van der Waals surface area contributed by atoms with Crippen LogP contribution in [0.15, 0.2) is 0 Å². The fourth-order valence-electron chi connectivity index (χ4n) is 2.83. The van der Waals surface area contributed by atoms with Gasteiger partial charge in [-0.25, -0.2) is 0 Å². The van der Waals surface area contributed by atoms with Crippen molar-refractivity contribution in [2.24, 2.45) is 17.8 Å². The number of halogens is 1. The Bertz CT molecular complexity index is 246. The van der Waals surface area contributed by atoms with Crippen molar-refractivity contribution in [2.45, 2.75) is 40.0 Å². The minimum absolute atomic E-state index is 0. The lowest BCUT2D eigenvalue weighted by atomic mass is 9.95. The topological polar surface area (TPSA) is 32.3 Å². The second-order valence-corrected chi connectivity index (χ2v) is 5.99. The van der Waals surface area contributed by atoms with E-state index in [1.54, 1.807) is 0 Å². The summed E-state index contributed by atoms with van der Waals surface area (Å²) < 4.78 is 0. The Morgan fingerprint density at radius 1 is 1.39 bits per heavy atom. The van der Waals surface area contributed by atoms with Crippen molar-refractivity contribution < 1.29 is 4.79 Å². The van der Waals surface area contributed by atoms with Crippen LogP contribution in [-0.4, -0.2) is 37.5 Å². The number of hydrogen-bond donors (Lipinski definition) is 1. The van der Waals surface area contributed by atoms with E-state index in [0.29, 0.717) is 23.7 Å². The SMILES string of the molecule is CNCC1CCN(C(=O)CC(C)CC(C)C)C1.Cl. The van der Waals surface area contributed by atoms with Gasteiger partial charge in [0.2, 0.25) is 5.91 Å². The molecule has 0 bridgehead atoms. The average molecular weight is 277 g/mol. The second-order valence-electron chi connectivity index (χ2n) is 5.99. The van der Waals surface area contributed by atoms with Gasteiger partial charge in [-0.3, -0.25) is 4.79 Å². The maximum absolute atomic E-state index is 12.1. The Kier molecular flexibility index (Phi) is 8.62. The zero-order chi connectivity index (χ0) is 12.8. The molecule has 1 heterocycles. The van der Waals surface area contributed by atoms with Gasteiger partial charge < -0.3 is 10.2 Å². The summed E-state index contributed by atoms with van der Waals surface area (Å²) in [6, 6.07) is 0. The van der Waals surface area contributed by atoms with Crippen molar-refractivity contribution in [3.05, 3.63) is 0 Å². The largest absolute Gasteiger partial charge is 0.342 e. The molecule has 108 valence electrons. The normalized spacial score (nSPS) is 20.9. The number of rotatable bonds is 6. The Hall–Kier alpha value is -0.280. The van der Waals surface area contributed by atoms with E-state index in [9.17, 15) is 4.79 Å². The fraction of sp³-hybridized carbons (Fsp3) is 0.929. The minimum atomic E-state index is 0. The van der Waals surface area contributed by atoms with E-state index in [4.69, 9.17) is 0 Å². The predicted molar refractivity (Wildman–Crippen MR) is 79.1 cm³/mol. The lowest BCUT2D eigenvalue weighted by Crippen LogP contribution is -2.31. The molecule has 0 spiro atoms. The first-order valence-corrected chi connectivity index (χ1v) is 6.95. The Morgan fingerprint density at radius 3 is 2.61 bits per heavy atom. The molecule has 1 rings (SSSR count). The molecule has 1 saturated heterocycles. The van der Waals surface area contributed by atoms with E-state index < -0.39 is 0 Å². The quantitative estimate of drug-likeness (QED) is 0.809. The fourth-order valence-corrected chi connectivity index (χ4v) is 2.83. The standard InChI is InChI=1S/C14H28N2O.ClH/c1-11(2)7-12(3)8-14(17)16-6-5-13(10-16)9-15-4;/h11-13,15H,5-10H2,1-4H3;1H.